The van der Waals surface area contributed by atoms with Gasteiger partial charge in [0.1, 0.15) is 17.5 Å². The van der Waals surface area contributed by atoms with Gasteiger partial charge in [-0.2, -0.15) is 4.98 Å². The van der Waals surface area contributed by atoms with Gasteiger partial charge in [-0.3, -0.25) is 14.4 Å². The summed E-state index contributed by atoms with van der Waals surface area (Å²) in [4.78, 5) is 51.0. The lowest BCUT2D eigenvalue weighted by Crippen LogP contribution is -2.45. The number of ether oxygens (including phenoxy) is 2. The summed E-state index contributed by atoms with van der Waals surface area (Å²) < 4.78 is 10.9. The maximum Gasteiger partial charge on any atom is 0.302 e. The van der Waals surface area contributed by atoms with E-state index in [-0.39, 0.29) is 29.9 Å². The predicted molar refractivity (Wildman–Crippen MR) is 160 cm³/mol. The second-order valence-electron chi connectivity index (χ2n) is 12.3. The first-order valence-corrected chi connectivity index (χ1v) is 14.9. The number of carbonyl (C=O) groups excluding carboxylic acids is 3. The van der Waals surface area contributed by atoms with Crippen molar-refractivity contribution in [2.45, 2.75) is 90.3 Å². The van der Waals surface area contributed by atoms with E-state index in [4.69, 9.17) is 14.5 Å². The lowest BCUT2D eigenvalue weighted by molar-refractivity contribution is -0.147. The minimum Gasteiger partial charge on any atom is -0.495 e. The van der Waals surface area contributed by atoms with Crippen LogP contribution in [0.1, 0.15) is 82.5 Å². The van der Waals surface area contributed by atoms with Crippen LogP contribution in [0.5, 0.6) is 5.75 Å². The molecular formula is C31H42N6O5. The second-order valence-corrected chi connectivity index (χ2v) is 12.3. The minimum absolute atomic E-state index is 0.0267. The third-order valence-corrected chi connectivity index (χ3v) is 8.65. The van der Waals surface area contributed by atoms with Gasteiger partial charge in [0, 0.05) is 38.2 Å². The third-order valence-electron chi connectivity index (χ3n) is 8.65. The number of methoxy groups -OCH3 is 1. The van der Waals surface area contributed by atoms with E-state index in [2.05, 4.69) is 20.5 Å². The Labute approximate surface area is 247 Å². The van der Waals surface area contributed by atoms with E-state index in [1.54, 1.807) is 43.5 Å². The molecule has 2 amide bonds. The lowest BCUT2D eigenvalue weighted by Gasteiger charge is -2.34. The van der Waals surface area contributed by atoms with Gasteiger partial charge in [-0.1, -0.05) is 12.8 Å². The van der Waals surface area contributed by atoms with Crippen LogP contribution in [0, 0.1) is 5.41 Å². The molecule has 2 saturated carbocycles. The Balaban J connectivity index is 1.33. The van der Waals surface area contributed by atoms with Crippen molar-refractivity contribution in [1.29, 1.82) is 0 Å². The summed E-state index contributed by atoms with van der Waals surface area (Å²) in [6.07, 6.45) is 9.10. The number of carbonyl (C=O) groups is 3. The molecule has 1 aromatic carbocycles. The third kappa shape index (κ3) is 6.29. The van der Waals surface area contributed by atoms with Gasteiger partial charge < -0.3 is 29.9 Å². The number of nitrogens with zero attached hydrogens (tertiary/aromatic N) is 4. The summed E-state index contributed by atoms with van der Waals surface area (Å²) >= 11 is 0. The highest BCUT2D eigenvalue weighted by atomic mass is 16.5. The molecule has 0 bridgehead atoms. The maximum atomic E-state index is 13.3. The van der Waals surface area contributed by atoms with Crippen LogP contribution in [0.3, 0.4) is 0 Å². The number of hydrogen-bond donors (Lipinski definition) is 2. The fourth-order valence-electron chi connectivity index (χ4n) is 6.41. The van der Waals surface area contributed by atoms with E-state index in [9.17, 15) is 14.4 Å². The first-order valence-electron chi connectivity index (χ1n) is 14.9. The molecular weight excluding hydrogens is 536 g/mol. The van der Waals surface area contributed by atoms with Crippen LogP contribution in [0.15, 0.2) is 24.4 Å². The highest BCUT2D eigenvalue weighted by Crippen LogP contribution is 2.40. The fourth-order valence-corrected chi connectivity index (χ4v) is 6.41. The highest BCUT2D eigenvalue weighted by molar-refractivity contribution is 6.01. The maximum absolute atomic E-state index is 13.3. The van der Waals surface area contributed by atoms with Gasteiger partial charge in [-0.15, -0.1) is 0 Å². The van der Waals surface area contributed by atoms with Crippen molar-refractivity contribution >= 4 is 40.9 Å². The number of rotatable bonds is 7. The quantitative estimate of drug-likeness (QED) is 0.454. The van der Waals surface area contributed by atoms with Crippen LogP contribution < -0.4 is 25.2 Å². The SMILES string of the molecule is COc1cc(C(=O)N[C@H]2CC[C@H](OC(C)=O)CC2)ccc1Nc1ncc2c(n1)N(C1CCCC1)CC(C)(C)C(=O)N2C. The lowest BCUT2D eigenvalue weighted by atomic mass is 9.91. The topological polar surface area (TPSA) is 126 Å². The first-order chi connectivity index (χ1) is 20.1. The number of benzene rings is 1. The zero-order valence-corrected chi connectivity index (χ0v) is 25.2. The highest BCUT2D eigenvalue weighted by Gasteiger charge is 2.41. The number of fused-ring (bicyclic) bond motifs is 1. The van der Waals surface area contributed by atoms with Crippen molar-refractivity contribution in [3.05, 3.63) is 30.0 Å². The molecule has 11 nitrogen and oxygen atoms in total. The molecule has 0 radical (unpaired) electrons. The molecule has 2 fully saturated rings. The van der Waals surface area contributed by atoms with Gasteiger partial charge in [-0.25, -0.2) is 4.98 Å². The van der Waals surface area contributed by atoms with E-state index in [0.29, 0.717) is 41.2 Å². The minimum atomic E-state index is -0.563. The van der Waals surface area contributed by atoms with Gasteiger partial charge >= 0.3 is 5.97 Å². The van der Waals surface area contributed by atoms with Crippen LogP contribution in [-0.4, -0.2) is 66.6 Å². The molecule has 2 N–H and O–H groups in total. The van der Waals surface area contributed by atoms with Crippen molar-refractivity contribution in [3.8, 4) is 5.75 Å². The predicted octanol–water partition coefficient (Wildman–Crippen LogP) is 4.58. The average Bonchev–Trinajstić information content (AvgIpc) is 3.49. The molecule has 2 heterocycles. The number of esters is 1. The molecule has 0 unspecified atom stereocenters. The van der Waals surface area contributed by atoms with Crippen LogP contribution in [0.25, 0.3) is 0 Å². The van der Waals surface area contributed by atoms with Crippen LogP contribution in [0.2, 0.25) is 0 Å². The number of nitrogens with one attached hydrogen (secondary N) is 2. The Morgan fingerprint density at radius 1 is 1.07 bits per heavy atom. The van der Waals surface area contributed by atoms with Crippen LogP contribution >= 0.6 is 0 Å². The standard InChI is InChI=1S/C31H42N6O5/c1-19(38)42-23-13-11-21(12-14-23)33-28(39)20-10-15-24(26(16-20)41-5)34-30-32-17-25-27(35-30)37(22-8-6-7-9-22)18-31(2,3)29(40)36(25)4/h10,15-17,21-23H,6-9,11-14,18H2,1-5H3,(H,33,39)(H,32,34,35)/t21-,23-. The molecule has 1 aliphatic heterocycles. The summed E-state index contributed by atoms with van der Waals surface area (Å²) in [6.45, 7) is 5.99. The average molecular weight is 579 g/mol. The Kier molecular flexibility index (Phi) is 8.56. The molecule has 0 saturated heterocycles. The van der Waals surface area contributed by atoms with Crippen molar-refractivity contribution in [2.75, 3.05) is 35.8 Å². The van der Waals surface area contributed by atoms with E-state index in [0.717, 1.165) is 44.3 Å². The molecule has 1 aromatic heterocycles. The number of aromatic nitrogens is 2. The van der Waals surface area contributed by atoms with Crippen molar-refractivity contribution < 1.29 is 23.9 Å². The summed E-state index contributed by atoms with van der Waals surface area (Å²) in [5.41, 5.74) is 1.25. The molecule has 11 heteroatoms. The van der Waals surface area contributed by atoms with Gasteiger partial charge in [0.15, 0.2) is 5.82 Å². The molecule has 226 valence electrons. The smallest absolute Gasteiger partial charge is 0.302 e. The van der Waals surface area contributed by atoms with Crippen LogP contribution in [0.4, 0.5) is 23.1 Å². The summed E-state index contributed by atoms with van der Waals surface area (Å²) in [5, 5.41) is 6.37. The van der Waals surface area contributed by atoms with Gasteiger partial charge in [0.05, 0.1) is 24.4 Å². The van der Waals surface area contributed by atoms with E-state index in [1.807, 2.05) is 13.8 Å². The van der Waals surface area contributed by atoms with Gasteiger partial charge in [-0.05, 0) is 70.6 Å². The Hall–Kier alpha value is -3.89. The zero-order valence-electron chi connectivity index (χ0n) is 25.2. The van der Waals surface area contributed by atoms with Crippen molar-refractivity contribution in [2.24, 2.45) is 5.41 Å². The Morgan fingerprint density at radius 3 is 2.45 bits per heavy atom. The molecule has 0 spiro atoms. The fraction of sp³-hybridized carbons (Fsp3) is 0.581. The molecule has 0 atom stereocenters. The molecule has 3 aliphatic rings. The second kappa shape index (κ2) is 12.1. The first kappa shape index (κ1) is 29.6. The monoisotopic (exact) mass is 578 g/mol. The van der Waals surface area contributed by atoms with Crippen molar-refractivity contribution in [1.82, 2.24) is 15.3 Å². The van der Waals surface area contributed by atoms with Crippen LogP contribution in [-0.2, 0) is 14.3 Å². The number of anilines is 4. The Bertz CT molecular complexity index is 1330. The molecule has 42 heavy (non-hydrogen) atoms. The Morgan fingerprint density at radius 2 is 1.79 bits per heavy atom. The van der Waals surface area contributed by atoms with Gasteiger partial charge in [0.2, 0.25) is 11.9 Å². The summed E-state index contributed by atoms with van der Waals surface area (Å²) in [5.74, 6) is 1.22. The molecule has 2 aliphatic carbocycles. The summed E-state index contributed by atoms with van der Waals surface area (Å²) in [6, 6.07) is 5.58. The normalized spacial score (nSPS) is 22.3. The van der Waals surface area contributed by atoms with E-state index in [1.165, 1.54) is 19.8 Å². The van der Waals surface area contributed by atoms with E-state index >= 15 is 0 Å². The van der Waals surface area contributed by atoms with E-state index < -0.39 is 5.41 Å². The number of amides is 2. The molecule has 2 aromatic rings. The zero-order chi connectivity index (χ0) is 30.0. The molecule has 5 rings (SSSR count). The number of hydrogen-bond acceptors (Lipinski definition) is 9. The van der Waals surface area contributed by atoms with Gasteiger partial charge in [0.25, 0.3) is 5.91 Å². The van der Waals surface area contributed by atoms with Crippen molar-refractivity contribution in [3.63, 3.8) is 0 Å². The summed E-state index contributed by atoms with van der Waals surface area (Å²) in [7, 11) is 3.34. The largest absolute Gasteiger partial charge is 0.495 e.